The SMILES string of the molecule is Nc1nc(CC(=O)N[C@H]2CON(C3(C(=O)O)CCC(=O)O3)C2=O)cs1. The lowest BCUT2D eigenvalue weighted by Crippen LogP contribution is -2.56. The number of nitrogens with one attached hydrogen (secondary N) is 1. The van der Waals surface area contributed by atoms with Crippen molar-refractivity contribution in [3.63, 3.8) is 0 Å². The molecule has 11 nitrogen and oxygen atoms in total. The Labute approximate surface area is 144 Å². The molecule has 134 valence electrons. The first-order chi connectivity index (χ1) is 11.8. The number of rotatable bonds is 5. The maximum absolute atomic E-state index is 12.4. The molecule has 0 bridgehead atoms. The number of nitrogen functional groups attached to an aromatic ring is 1. The number of ether oxygens (including phenoxy) is 1. The van der Waals surface area contributed by atoms with Crippen molar-refractivity contribution in [1.29, 1.82) is 0 Å². The quantitative estimate of drug-likeness (QED) is 0.532. The summed E-state index contributed by atoms with van der Waals surface area (Å²) in [6.07, 6.45) is -0.468. The van der Waals surface area contributed by atoms with E-state index in [1.165, 1.54) is 11.3 Å². The van der Waals surface area contributed by atoms with Gasteiger partial charge in [0, 0.05) is 11.8 Å². The minimum Gasteiger partial charge on any atom is -0.477 e. The summed E-state index contributed by atoms with van der Waals surface area (Å²) in [5.41, 5.74) is 3.74. The average molecular weight is 370 g/mol. The number of nitrogens with zero attached hydrogens (tertiary/aromatic N) is 2. The minimum absolute atomic E-state index is 0.0868. The summed E-state index contributed by atoms with van der Waals surface area (Å²) in [5, 5.41) is 14.3. The van der Waals surface area contributed by atoms with Crippen LogP contribution >= 0.6 is 11.3 Å². The van der Waals surface area contributed by atoms with Crippen molar-refractivity contribution in [2.45, 2.75) is 31.0 Å². The van der Waals surface area contributed by atoms with Crippen LogP contribution in [0.1, 0.15) is 18.5 Å². The van der Waals surface area contributed by atoms with E-state index in [0.29, 0.717) is 15.9 Å². The lowest BCUT2D eigenvalue weighted by Gasteiger charge is -2.30. The molecule has 12 heteroatoms. The predicted octanol–water partition coefficient (Wildman–Crippen LogP) is -1.36. The van der Waals surface area contributed by atoms with Gasteiger partial charge in [0.25, 0.3) is 5.91 Å². The summed E-state index contributed by atoms with van der Waals surface area (Å²) in [7, 11) is 0. The standard InChI is InChI=1S/C13H14N4O7S/c14-12-15-6(5-25-12)3-8(18)16-7-4-23-17(10(7)20)13(11(21)22)2-1-9(19)24-13/h5,7H,1-4H2,(H2,14,15)(H,16,18)(H,21,22)/t7-,13?/m0/s1. The van der Waals surface area contributed by atoms with Gasteiger partial charge in [-0.25, -0.2) is 9.78 Å². The first-order valence-corrected chi connectivity index (χ1v) is 8.11. The number of carbonyl (C=O) groups is 4. The Bertz CT molecular complexity index is 750. The number of amides is 2. The lowest BCUT2D eigenvalue weighted by atomic mass is 10.1. The van der Waals surface area contributed by atoms with E-state index in [9.17, 15) is 24.3 Å². The van der Waals surface area contributed by atoms with Gasteiger partial charge in [-0.3, -0.25) is 19.2 Å². The van der Waals surface area contributed by atoms with Gasteiger partial charge in [-0.1, -0.05) is 0 Å². The zero-order valence-electron chi connectivity index (χ0n) is 12.8. The largest absolute Gasteiger partial charge is 0.477 e. The van der Waals surface area contributed by atoms with Crippen molar-refractivity contribution in [1.82, 2.24) is 15.4 Å². The van der Waals surface area contributed by atoms with Crippen LogP contribution in [0, 0.1) is 0 Å². The number of nitrogens with two attached hydrogens (primary N) is 1. The van der Waals surface area contributed by atoms with Gasteiger partial charge in [0.15, 0.2) is 5.13 Å². The highest BCUT2D eigenvalue weighted by atomic mass is 32.1. The second kappa shape index (κ2) is 6.29. The molecule has 0 aliphatic carbocycles. The number of thiazole rings is 1. The molecule has 0 saturated carbocycles. The average Bonchev–Trinajstić information content (AvgIpc) is 3.21. The van der Waals surface area contributed by atoms with Crippen LogP contribution in [0.15, 0.2) is 5.38 Å². The van der Waals surface area contributed by atoms with Crippen molar-refractivity contribution in [3.8, 4) is 0 Å². The van der Waals surface area contributed by atoms with Gasteiger partial charge in [-0.15, -0.1) is 11.3 Å². The Morgan fingerprint density at radius 1 is 1.52 bits per heavy atom. The lowest BCUT2D eigenvalue weighted by molar-refractivity contribution is -0.256. The summed E-state index contributed by atoms with van der Waals surface area (Å²) in [4.78, 5) is 56.3. The van der Waals surface area contributed by atoms with Crippen molar-refractivity contribution < 1.29 is 33.9 Å². The van der Waals surface area contributed by atoms with E-state index in [-0.39, 0.29) is 25.9 Å². The number of aromatic nitrogens is 1. The molecule has 1 aromatic rings. The summed E-state index contributed by atoms with van der Waals surface area (Å²) >= 11 is 1.18. The topological polar surface area (TPSA) is 161 Å². The van der Waals surface area contributed by atoms with Crippen molar-refractivity contribution in [2.75, 3.05) is 12.3 Å². The highest BCUT2D eigenvalue weighted by molar-refractivity contribution is 7.13. The Kier molecular flexibility index (Phi) is 4.30. The van der Waals surface area contributed by atoms with Gasteiger partial charge >= 0.3 is 17.7 Å². The fourth-order valence-electron chi connectivity index (χ4n) is 2.57. The number of aliphatic carboxylic acids is 1. The molecule has 2 fully saturated rings. The van der Waals surface area contributed by atoms with Gasteiger partial charge in [-0.05, 0) is 0 Å². The first kappa shape index (κ1) is 17.1. The molecule has 1 unspecified atom stereocenters. The summed E-state index contributed by atoms with van der Waals surface area (Å²) in [6, 6.07) is -1.08. The molecule has 25 heavy (non-hydrogen) atoms. The maximum Gasteiger partial charge on any atom is 0.372 e. The monoisotopic (exact) mass is 370 g/mol. The van der Waals surface area contributed by atoms with Crippen LogP contribution in [0.25, 0.3) is 0 Å². The van der Waals surface area contributed by atoms with Crippen molar-refractivity contribution >= 4 is 40.2 Å². The number of hydrogen-bond acceptors (Lipinski definition) is 9. The molecular weight excluding hydrogens is 356 g/mol. The van der Waals surface area contributed by atoms with E-state index in [2.05, 4.69) is 10.3 Å². The van der Waals surface area contributed by atoms with Gasteiger partial charge in [0.1, 0.15) is 12.6 Å². The second-order valence-corrected chi connectivity index (χ2v) is 6.36. The molecule has 2 amide bonds. The number of carbonyl (C=O) groups excluding carboxylic acids is 3. The number of hydroxylamine groups is 2. The van der Waals surface area contributed by atoms with E-state index in [4.69, 9.17) is 15.3 Å². The number of carboxylic acids is 1. The van der Waals surface area contributed by atoms with Crippen LogP contribution in [0.5, 0.6) is 0 Å². The van der Waals surface area contributed by atoms with Crippen molar-refractivity contribution in [2.24, 2.45) is 0 Å². The molecule has 1 aromatic heterocycles. The molecule has 4 N–H and O–H groups in total. The molecule has 0 spiro atoms. The second-order valence-electron chi connectivity index (χ2n) is 5.47. The third-order valence-corrected chi connectivity index (χ3v) is 4.45. The van der Waals surface area contributed by atoms with Gasteiger partial charge in [0.2, 0.25) is 5.91 Å². The van der Waals surface area contributed by atoms with E-state index in [1.807, 2.05) is 0 Å². The van der Waals surface area contributed by atoms with Gasteiger partial charge in [0.05, 0.1) is 18.5 Å². The Morgan fingerprint density at radius 3 is 2.84 bits per heavy atom. The molecule has 2 aliphatic heterocycles. The number of esters is 1. The molecule has 2 atom stereocenters. The molecule has 2 aliphatic rings. The first-order valence-electron chi connectivity index (χ1n) is 7.23. The summed E-state index contributed by atoms with van der Waals surface area (Å²) in [6.45, 7) is -0.268. The highest BCUT2D eigenvalue weighted by Crippen LogP contribution is 2.34. The van der Waals surface area contributed by atoms with Crippen LogP contribution in [-0.2, 0) is 35.2 Å². The summed E-state index contributed by atoms with van der Waals surface area (Å²) in [5.74, 6) is -3.56. The van der Waals surface area contributed by atoms with E-state index < -0.39 is 35.5 Å². The van der Waals surface area contributed by atoms with Crippen LogP contribution in [-0.4, -0.2) is 57.3 Å². The Balaban J connectivity index is 1.66. The van der Waals surface area contributed by atoms with Gasteiger partial charge in [-0.2, -0.15) is 5.06 Å². The molecule has 2 saturated heterocycles. The fourth-order valence-corrected chi connectivity index (χ4v) is 3.13. The van der Waals surface area contributed by atoms with E-state index >= 15 is 0 Å². The third kappa shape index (κ3) is 3.13. The van der Waals surface area contributed by atoms with Crippen LogP contribution in [0.2, 0.25) is 0 Å². The zero-order chi connectivity index (χ0) is 18.2. The number of hydrogen-bond donors (Lipinski definition) is 3. The van der Waals surface area contributed by atoms with Crippen LogP contribution in [0.4, 0.5) is 5.13 Å². The smallest absolute Gasteiger partial charge is 0.372 e. The maximum atomic E-state index is 12.4. The Morgan fingerprint density at radius 2 is 2.28 bits per heavy atom. The molecule has 3 heterocycles. The normalized spacial score (nSPS) is 25.9. The summed E-state index contributed by atoms with van der Waals surface area (Å²) < 4.78 is 4.82. The molecule has 0 radical (unpaired) electrons. The van der Waals surface area contributed by atoms with E-state index in [0.717, 1.165) is 0 Å². The number of cyclic esters (lactones) is 1. The third-order valence-electron chi connectivity index (χ3n) is 3.73. The van der Waals surface area contributed by atoms with Crippen LogP contribution in [0.3, 0.4) is 0 Å². The van der Waals surface area contributed by atoms with Gasteiger partial charge < -0.3 is 20.9 Å². The van der Waals surface area contributed by atoms with Crippen molar-refractivity contribution in [3.05, 3.63) is 11.1 Å². The predicted molar refractivity (Wildman–Crippen MR) is 80.7 cm³/mol. The zero-order valence-corrected chi connectivity index (χ0v) is 13.6. The Hall–Kier alpha value is -2.73. The molecule has 0 aromatic carbocycles. The highest BCUT2D eigenvalue weighted by Gasteiger charge is 2.59. The minimum atomic E-state index is -2.20. The molecular formula is C13H14N4O7S. The number of anilines is 1. The van der Waals surface area contributed by atoms with E-state index in [1.54, 1.807) is 5.38 Å². The van der Waals surface area contributed by atoms with Crippen LogP contribution < -0.4 is 11.1 Å². The fraction of sp³-hybridized carbons (Fsp3) is 0.462. The molecule has 3 rings (SSSR count). The number of carboxylic acid groups (broad SMARTS) is 1.